The SMILES string of the molecule is COc1cc(N(CC(=O)NC(C)c2cc(C(C)C)c(OC)cc2C)S(C)(=O)=O)c(OC)cc1Cl. The van der Waals surface area contributed by atoms with E-state index in [9.17, 15) is 13.2 Å². The zero-order valence-electron chi connectivity index (χ0n) is 20.9. The first kappa shape index (κ1) is 27.6. The van der Waals surface area contributed by atoms with Crippen molar-refractivity contribution in [2.75, 3.05) is 38.4 Å². The van der Waals surface area contributed by atoms with Gasteiger partial charge in [-0.3, -0.25) is 9.10 Å². The number of benzene rings is 2. The van der Waals surface area contributed by atoms with E-state index in [1.165, 1.54) is 26.4 Å². The van der Waals surface area contributed by atoms with E-state index in [0.29, 0.717) is 0 Å². The molecule has 2 rings (SSSR count). The van der Waals surface area contributed by atoms with E-state index in [-0.39, 0.29) is 34.2 Å². The summed E-state index contributed by atoms with van der Waals surface area (Å²) in [6, 6.07) is 6.48. The lowest BCUT2D eigenvalue weighted by molar-refractivity contribution is -0.120. The van der Waals surface area contributed by atoms with Crippen molar-refractivity contribution in [1.82, 2.24) is 5.32 Å². The van der Waals surface area contributed by atoms with E-state index in [4.69, 9.17) is 25.8 Å². The lowest BCUT2D eigenvalue weighted by Crippen LogP contribution is -2.41. The summed E-state index contributed by atoms with van der Waals surface area (Å²) in [5, 5.41) is 3.16. The molecule has 0 heterocycles. The van der Waals surface area contributed by atoms with Crippen LogP contribution in [0, 0.1) is 6.92 Å². The summed E-state index contributed by atoms with van der Waals surface area (Å²) >= 11 is 6.15. The van der Waals surface area contributed by atoms with Gasteiger partial charge in [-0.2, -0.15) is 0 Å². The van der Waals surface area contributed by atoms with Crippen molar-refractivity contribution in [2.24, 2.45) is 0 Å². The summed E-state index contributed by atoms with van der Waals surface area (Å²) in [5.41, 5.74) is 3.06. The Labute approximate surface area is 207 Å². The molecular weight excluding hydrogens is 480 g/mol. The minimum atomic E-state index is -3.84. The van der Waals surface area contributed by atoms with Crippen LogP contribution in [0.4, 0.5) is 5.69 Å². The van der Waals surface area contributed by atoms with Gasteiger partial charge in [-0.15, -0.1) is 0 Å². The molecule has 2 aromatic carbocycles. The molecule has 1 amide bonds. The first-order chi connectivity index (χ1) is 15.8. The molecule has 2 aromatic rings. The Kier molecular flexibility index (Phi) is 9.08. The Morgan fingerprint density at radius 1 is 0.971 bits per heavy atom. The number of nitrogens with zero attached hydrogens (tertiary/aromatic N) is 1. The van der Waals surface area contributed by atoms with Crippen LogP contribution in [0.2, 0.25) is 5.02 Å². The van der Waals surface area contributed by atoms with Crippen LogP contribution in [-0.4, -0.2) is 48.5 Å². The Balaban J connectivity index is 2.37. The van der Waals surface area contributed by atoms with Crippen molar-refractivity contribution in [2.45, 2.75) is 39.7 Å². The first-order valence-corrected chi connectivity index (χ1v) is 12.9. The monoisotopic (exact) mass is 512 g/mol. The maximum atomic E-state index is 13.0. The summed E-state index contributed by atoms with van der Waals surface area (Å²) in [6.07, 6.45) is 1.02. The standard InChI is InChI=1S/C24H33ClN2O6S/c1-14(2)17-10-18(15(3)9-21(17)31-5)16(4)26-24(28)13-27(34(8,29)30)20-12-22(32-6)19(25)11-23(20)33-7/h9-12,14,16H,13H2,1-8H3,(H,26,28). The second kappa shape index (κ2) is 11.2. The zero-order chi connectivity index (χ0) is 25.8. The van der Waals surface area contributed by atoms with Crippen LogP contribution in [0.15, 0.2) is 24.3 Å². The van der Waals surface area contributed by atoms with E-state index in [1.807, 2.05) is 26.0 Å². The fraction of sp³-hybridized carbons (Fsp3) is 0.458. The largest absolute Gasteiger partial charge is 0.496 e. The normalized spacial score (nSPS) is 12.3. The van der Waals surface area contributed by atoms with Gasteiger partial charge in [-0.25, -0.2) is 8.42 Å². The lowest BCUT2D eigenvalue weighted by Gasteiger charge is -2.26. The molecule has 0 aliphatic carbocycles. The molecule has 10 heteroatoms. The highest BCUT2D eigenvalue weighted by atomic mass is 35.5. The van der Waals surface area contributed by atoms with Crippen LogP contribution in [-0.2, 0) is 14.8 Å². The molecule has 0 aliphatic rings. The van der Waals surface area contributed by atoms with Crippen molar-refractivity contribution in [3.05, 3.63) is 46.0 Å². The van der Waals surface area contributed by atoms with Crippen LogP contribution in [0.25, 0.3) is 0 Å². The van der Waals surface area contributed by atoms with E-state index < -0.39 is 22.5 Å². The van der Waals surface area contributed by atoms with E-state index in [1.54, 1.807) is 7.11 Å². The number of amides is 1. The highest BCUT2D eigenvalue weighted by molar-refractivity contribution is 7.92. The molecule has 1 N–H and O–H groups in total. The Morgan fingerprint density at radius 3 is 2.06 bits per heavy atom. The van der Waals surface area contributed by atoms with Crippen LogP contribution in [0.3, 0.4) is 0 Å². The number of nitrogens with one attached hydrogen (secondary N) is 1. The number of carbonyl (C=O) groups is 1. The Morgan fingerprint density at radius 2 is 1.56 bits per heavy atom. The molecule has 0 aliphatic heterocycles. The van der Waals surface area contributed by atoms with Crippen molar-refractivity contribution in [3.63, 3.8) is 0 Å². The third kappa shape index (κ3) is 6.27. The summed E-state index contributed by atoms with van der Waals surface area (Å²) in [7, 11) is 0.596. The quantitative estimate of drug-likeness (QED) is 0.505. The van der Waals surface area contributed by atoms with Crippen LogP contribution in [0.5, 0.6) is 17.2 Å². The number of anilines is 1. The minimum absolute atomic E-state index is 0.150. The molecule has 188 valence electrons. The maximum absolute atomic E-state index is 13.0. The molecule has 0 fully saturated rings. The minimum Gasteiger partial charge on any atom is -0.496 e. The molecule has 0 saturated carbocycles. The second-order valence-electron chi connectivity index (χ2n) is 8.32. The number of methoxy groups -OCH3 is 3. The second-order valence-corrected chi connectivity index (χ2v) is 10.6. The highest BCUT2D eigenvalue weighted by Crippen LogP contribution is 2.39. The summed E-state index contributed by atoms with van der Waals surface area (Å²) in [6.45, 7) is 7.48. The summed E-state index contributed by atoms with van der Waals surface area (Å²) < 4.78 is 42.2. The molecule has 34 heavy (non-hydrogen) atoms. The predicted octanol–water partition coefficient (Wildman–Crippen LogP) is 4.44. The van der Waals surface area contributed by atoms with Crippen LogP contribution >= 0.6 is 11.6 Å². The van der Waals surface area contributed by atoms with Crippen molar-refractivity contribution < 1.29 is 27.4 Å². The summed E-state index contributed by atoms with van der Waals surface area (Å²) in [4.78, 5) is 13.0. The van der Waals surface area contributed by atoms with Gasteiger partial charge >= 0.3 is 0 Å². The molecular formula is C24H33ClN2O6S. The van der Waals surface area contributed by atoms with Gasteiger partial charge in [0.25, 0.3) is 0 Å². The number of rotatable bonds is 10. The molecule has 0 spiro atoms. The number of aryl methyl sites for hydroxylation is 1. The molecule has 8 nitrogen and oxygen atoms in total. The van der Waals surface area contributed by atoms with E-state index >= 15 is 0 Å². The topological polar surface area (TPSA) is 94.2 Å². The number of hydrogen-bond acceptors (Lipinski definition) is 6. The van der Waals surface area contributed by atoms with Crippen LogP contribution < -0.4 is 23.8 Å². The fourth-order valence-corrected chi connectivity index (χ4v) is 4.81. The third-order valence-electron chi connectivity index (χ3n) is 5.49. The Hall–Kier alpha value is -2.65. The molecule has 1 atom stereocenters. The molecule has 0 radical (unpaired) electrons. The molecule has 0 bridgehead atoms. The lowest BCUT2D eigenvalue weighted by atomic mass is 9.93. The van der Waals surface area contributed by atoms with Gasteiger partial charge in [0, 0.05) is 12.1 Å². The van der Waals surface area contributed by atoms with Gasteiger partial charge in [0.15, 0.2) is 0 Å². The average Bonchev–Trinajstić information content (AvgIpc) is 2.75. The number of carbonyl (C=O) groups excluding carboxylic acids is 1. The van der Waals surface area contributed by atoms with Gasteiger partial charge < -0.3 is 19.5 Å². The van der Waals surface area contributed by atoms with Gasteiger partial charge in [-0.05, 0) is 48.6 Å². The first-order valence-electron chi connectivity index (χ1n) is 10.7. The smallest absolute Gasteiger partial charge is 0.241 e. The molecule has 1 unspecified atom stereocenters. The Bertz CT molecular complexity index is 1150. The molecule has 0 aromatic heterocycles. The average molecular weight is 513 g/mol. The fourth-order valence-electron chi connectivity index (χ4n) is 3.73. The highest BCUT2D eigenvalue weighted by Gasteiger charge is 2.27. The van der Waals surface area contributed by atoms with E-state index in [2.05, 4.69) is 19.2 Å². The van der Waals surface area contributed by atoms with Gasteiger partial charge in [-0.1, -0.05) is 25.4 Å². The van der Waals surface area contributed by atoms with Gasteiger partial charge in [0.1, 0.15) is 23.8 Å². The number of halogens is 1. The third-order valence-corrected chi connectivity index (χ3v) is 6.92. The molecule has 0 saturated heterocycles. The predicted molar refractivity (Wildman–Crippen MR) is 135 cm³/mol. The van der Waals surface area contributed by atoms with E-state index in [0.717, 1.165) is 33.0 Å². The zero-order valence-corrected chi connectivity index (χ0v) is 22.4. The van der Waals surface area contributed by atoms with Gasteiger partial charge in [0.05, 0.1) is 44.3 Å². The van der Waals surface area contributed by atoms with Gasteiger partial charge in [0.2, 0.25) is 15.9 Å². The van der Waals surface area contributed by atoms with Crippen molar-refractivity contribution >= 4 is 33.2 Å². The number of hydrogen-bond donors (Lipinski definition) is 1. The number of sulfonamides is 1. The number of ether oxygens (including phenoxy) is 3. The summed E-state index contributed by atoms with van der Waals surface area (Å²) in [5.74, 6) is 1.00. The van der Waals surface area contributed by atoms with Crippen molar-refractivity contribution in [3.8, 4) is 17.2 Å². The van der Waals surface area contributed by atoms with Crippen LogP contribution in [0.1, 0.15) is 49.4 Å². The van der Waals surface area contributed by atoms with Crippen molar-refractivity contribution in [1.29, 1.82) is 0 Å². The maximum Gasteiger partial charge on any atom is 0.241 e.